The average Bonchev–Trinajstić information content (AvgIpc) is 3.08. The van der Waals surface area contributed by atoms with Gasteiger partial charge in [0.25, 0.3) is 17.4 Å². The summed E-state index contributed by atoms with van der Waals surface area (Å²) in [6.07, 6.45) is 2.95. The highest BCUT2D eigenvalue weighted by Gasteiger charge is 2.35. The molecule has 0 saturated carbocycles. The van der Waals surface area contributed by atoms with Gasteiger partial charge < -0.3 is 34.3 Å². The summed E-state index contributed by atoms with van der Waals surface area (Å²) in [5, 5.41) is 6.08. The molecule has 1 fully saturated rings. The van der Waals surface area contributed by atoms with Gasteiger partial charge in [0.2, 0.25) is 5.75 Å². The quantitative estimate of drug-likeness (QED) is 0.224. The van der Waals surface area contributed by atoms with E-state index in [9.17, 15) is 14.4 Å². The molecule has 238 valence electrons. The van der Waals surface area contributed by atoms with Gasteiger partial charge in [0.15, 0.2) is 11.5 Å². The van der Waals surface area contributed by atoms with Crippen LogP contribution >= 0.6 is 11.8 Å². The molecule has 6 rings (SSSR count). The van der Waals surface area contributed by atoms with Gasteiger partial charge in [-0.05, 0) is 67.1 Å². The number of piperidine rings is 1. The number of fused-ring (bicyclic) bond motifs is 4. The molecule has 2 N–H and O–H groups in total. The Kier molecular flexibility index (Phi) is 8.94. The molecule has 2 aliphatic rings. The zero-order chi connectivity index (χ0) is 32.4. The number of methoxy groups -OCH3 is 3. The number of para-hydroxylation sites is 1. The minimum absolute atomic E-state index is 0.0253. The molecule has 4 aromatic rings. The predicted molar refractivity (Wildman–Crippen MR) is 180 cm³/mol. The first-order valence-corrected chi connectivity index (χ1v) is 16.2. The Hall–Kier alpha value is -4.90. The minimum atomic E-state index is -0.403. The van der Waals surface area contributed by atoms with Gasteiger partial charge in [-0.1, -0.05) is 18.2 Å². The molecule has 0 radical (unpaired) electrons. The molecule has 0 aliphatic carbocycles. The molecule has 3 heterocycles. The number of amides is 2. The number of nitrogens with one attached hydrogen (secondary N) is 2. The number of carbonyl (C=O) groups excluding carboxylic acids is 2. The van der Waals surface area contributed by atoms with Crippen LogP contribution in [0.1, 0.15) is 38.7 Å². The summed E-state index contributed by atoms with van der Waals surface area (Å²) in [6, 6.07) is 21.6. The number of ether oxygens (including phenoxy) is 3. The van der Waals surface area contributed by atoms with Crippen molar-refractivity contribution in [3.05, 3.63) is 100.0 Å². The normalized spacial score (nSPS) is 16.7. The van der Waals surface area contributed by atoms with Crippen LogP contribution in [0.5, 0.6) is 17.2 Å². The van der Waals surface area contributed by atoms with Crippen LogP contribution in [0.3, 0.4) is 0 Å². The molecule has 2 atom stereocenters. The van der Waals surface area contributed by atoms with Crippen molar-refractivity contribution >= 4 is 40.6 Å². The van der Waals surface area contributed by atoms with E-state index in [2.05, 4.69) is 15.5 Å². The Morgan fingerprint density at radius 2 is 1.50 bits per heavy atom. The molecular formula is C35H36N4O6S. The summed E-state index contributed by atoms with van der Waals surface area (Å²) >= 11 is 1.55. The van der Waals surface area contributed by atoms with Gasteiger partial charge in [0.1, 0.15) is 0 Å². The third kappa shape index (κ3) is 6.02. The van der Waals surface area contributed by atoms with E-state index < -0.39 is 5.91 Å². The van der Waals surface area contributed by atoms with Crippen LogP contribution in [0.15, 0.2) is 82.5 Å². The van der Waals surface area contributed by atoms with E-state index >= 15 is 0 Å². The van der Waals surface area contributed by atoms with E-state index in [0.717, 1.165) is 22.7 Å². The minimum Gasteiger partial charge on any atom is -0.493 e. The lowest BCUT2D eigenvalue weighted by Gasteiger charge is -2.44. The van der Waals surface area contributed by atoms with E-state index in [1.54, 1.807) is 42.1 Å². The highest BCUT2D eigenvalue weighted by molar-refractivity contribution is 7.98. The Bertz CT molecular complexity index is 1830. The maximum Gasteiger partial charge on any atom is 0.255 e. The molecule has 2 aliphatic heterocycles. The summed E-state index contributed by atoms with van der Waals surface area (Å²) in [6.45, 7) is 2.01. The number of hydrogen-bond donors (Lipinski definition) is 2. The molecule has 0 unspecified atom stereocenters. The maximum atomic E-state index is 13.8. The second-order valence-corrected chi connectivity index (χ2v) is 12.2. The molecular weight excluding hydrogens is 604 g/mol. The van der Waals surface area contributed by atoms with Crippen molar-refractivity contribution in [2.75, 3.05) is 56.2 Å². The number of carbonyl (C=O) groups is 2. The fraction of sp³-hybridized carbons (Fsp3) is 0.286. The monoisotopic (exact) mass is 640 g/mol. The van der Waals surface area contributed by atoms with Crippen molar-refractivity contribution in [2.24, 2.45) is 5.92 Å². The van der Waals surface area contributed by atoms with Crippen molar-refractivity contribution in [3.63, 3.8) is 0 Å². The zero-order valence-electron chi connectivity index (χ0n) is 26.2. The number of anilines is 3. The van der Waals surface area contributed by atoms with Crippen molar-refractivity contribution in [2.45, 2.75) is 23.8 Å². The molecule has 11 heteroatoms. The van der Waals surface area contributed by atoms with Crippen LogP contribution in [0.2, 0.25) is 0 Å². The van der Waals surface area contributed by atoms with Crippen molar-refractivity contribution in [1.29, 1.82) is 0 Å². The Balaban J connectivity index is 1.36. The summed E-state index contributed by atoms with van der Waals surface area (Å²) in [5.74, 6) is 0.809. The fourth-order valence-corrected chi connectivity index (χ4v) is 7.05. The number of nitrogens with zero attached hydrogens (tertiary/aromatic N) is 2. The average molecular weight is 641 g/mol. The number of aromatic nitrogens is 1. The van der Waals surface area contributed by atoms with E-state index in [1.165, 1.54) is 21.3 Å². The van der Waals surface area contributed by atoms with Crippen molar-refractivity contribution in [1.82, 2.24) is 4.57 Å². The molecule has 46 heavy (non-hydrogen) atoms. The topological polar surface area (TPSA) is 111 Å². The largest absolute Gasteiger partial charge is 0.493 e. The lowest BCUT2D eigenvalue weighted by atomic mass is 9.83. The molecule has 0 spiro atoms. The van der Waals surface area contributed by atoms with Crippen molar-refractivity contribution < 1.29 is 23.8 Å². The first kappa shape index (κ1) is 31.1. The first-order valence-electron chi connectivity index (χ1n) is 15.0. The van der Waals surface area contributed by atoms with E-state index in [4.69, 9.17) is 14.2 Å². The Labute approximate surface area is 271 Å². The highest BCUT2D eigenvalue weighted by atomic mass is 32.2. The Morgan fingerprint density at radius 3 is 2.22 bits per heavy atom. The Morgan fingerprint density at radius 1 is 0.783 bits per heavy atom. The van der Waals surface area contributed by atoms with E-state index in [0.29, 0.717) is 59.4 Å². The smallest absolute Gasteiger partial charge is 0.255 e. The number of rotatable bonds is 9. The van der Waals surface area contributed by atoms with Crippen LogP contribution < -0.4 is 35.3 Å². The standard InChI is InChI=1S/C35H36N4O6S/c1-43-29-16-23(17-30(44-2)33(29)45-3)35(42)37-26-15-22(34(41)36-25-8-5-6-10-31(25)46-4)12-13-28(26)38-18-21-14-24(20-38)27-9-7-11-32(40)39(27)19-21/h5-13,15-17,21,24H,14,18-20H2,1-4H3,(H,36,41)(H,37,42)/t21-,24+/m1/s1. The van der Waals surface area contributed by atoms with Gasteiger partial charge in [0, 0.05) is 53.3 Å². The molecule has 2 amide bonds. The number of pyridine rings is 1. The first-order chi connectivity index (χ1) is 22.3. The second kappa shape index (κ2) is 13.2. The van der Waals surface area contributed by atoms with Crippen LogP contribution in [0.4, 0.5) is 17.1 Å². The summed E-state index contributed by atoms with van der Waals surface area (Å²) < 4.78 is 18.3. The predicted octanol–water partition coefficient (Wildman–Crippen LogP) is 5.72. The number of thioether (sulfide) groups is 1. The van der Waals surface area contributed by atoms with Gasteiger partial charge in [-0.3, -0.25) is 14.4 Å². The highest BCUT2D eigenvalue weighted by Crippen LogP contribution is 2.41. The third-order valence-electron chi connectivity index (χ3n) is 8.61. The SMILES string of the molecule is COc1cc(C(=O)Nc2cc(C(=O)Nc3ccccc3SC)ccc2N2C[C@H]3C[C@@H](C2)c2cccc(=O)n2C3)cc(OC)c1OC. The van der Waals surface area contributed by atoms with Gasteiger partial charge in [0.05, 0.1) is 38.4 Å². The molecule has 2 bridgehead atoms. The summed E-state index contributed by atoms with van der Waals surface area (Å²) in [7, 11) is 4.49. The second-order valence-electron chi connectivity index (χ2n) is 11.4. The van der Waals surface area contributed by atoms with Crippen LogP contribution in [-0.4, -0.2) is 57.1 Å². The fourth-order valence-electron chi connectivity index (χ4n) is 6.50. The summed E-state index contributed by atoms with van der Waals surface area (Å²) in [5.41, 5.74) is 3.75. The van der Waals surface area contributed by atoms with Gasteiger partial charge in [-0.15, -0.1) is 11.8 Å². The van der Waals surface area contributed by atoms with Crippen LogP contribution in [-0.2, 0) is 6.54 Å². The lowest BCUT2D eigenvalue weighted by Crippen LogP contribution is -2.47. The van der Waals surface area contributed by atoms with E-state index in [-0.39, 0.29) is 23.3 Å². The molecule has 10 nitrogen and oxygen atoms in total. The number of hydrogen-bond acceptors (Lipinski definition) is 8. The van der Waals surface area contributed by atoms with Crippen molar-refractivity contribution in [3.8, 4) is 17.2 Å². The lowest BCUT2D eigenvalue weighted by molar-refractivity contribution is 0.101. The van der Waals surface area contributed by atoms with Gasteiger partial charge in [-0.25, -0.2) is 0 Å². The molecule has 3 aromatic carbocycles. The third-order valence-corrected chi connectivity index (χ3v) is 9.41. The summed E-state index contributed by atoms with van der Waals surface area (Å²) in [4.78, 5) is 43.1. The molecule has 1 aromatic heterocycles. The van der Waals surface area contributed by atoms with Crippen LogP contribution in [0, 0.1) is 5.92 Å². The van der Waals surface area contributed by atoms with Crippen LogP contribution in [0.25, 0.3) is 0 Å². The maximum absolute atomic E-state index is 13.8. The number of benzene rings is 3. The van der Waals surface area contributed by atoms with Gasteiger partial charge >= 0.3 is 0 Å². The van der Waals surface area contributed by atoms with Gasteiger partial charge in [-0.2, -0.15) is 0 Å². The zero-order valence-corrected chi connectivity index (χ0v) is 27.0. The van der Waals surface area contributed by atoms with E-state index in [1.807, 2.05) is 53.3 Å². The molecule has 1 saturated heterocycles.